The number of carbonyl (C=O) groups excluding carboxylic acids is 1. The zero-order valence-electron chi connectivity index (χ0n) is 10.1. The minimum atomic E-state index is -0.535. The first-order valence-electron chi connectivity index (χ1n) is 5.53. The lowest BCUT2D eigenvalue weighted by Crippen LogP contribution is -2.13. The summed E-state index contributed by atoms with van der Waals surface area (Å²) in [6, 6.07) is 12.1. The molecule has 0 fully saturated rings. The predicted molar refractivity (Wildman–Crippen MR) is 85.1 cm³/mol. The van der Waals surface area contributed by atoms with Crippen LogP contribution in [0.2, 0.25) is 5.02 Å². The minimum Gasteiger partial charge on any atom is -0.451 e. The quantitative estimate of drug-likeness (QED) is 0.481. The summed E-state index contributed by atoms with van der Waals surface area (Å²) < 4.78 is 5.97. The van der Waals surface area contributed by atoms with Gasteiger partial charge in [-0.05, 0) is 46.9 Å². The van der Waals surface area contributed by atoms with Gasteiger partial charge in [-0.15, -0.1) is 0 Å². The van der Waals surface area contributed by atoms with Crippen molar-refractivity contribution in [1.29, 1.82) is 5.26 Å². The highest BCUT2D eigenvalue weighted by Crippen LogP contribution is 2.21. The fourth-order valence-electron chi connectivity index (χ4n) is 1.45. The third kappa shape index (κ3) is 3.62. The second kappa shape index (κ2) is 6.59. The van der Waals surface area contributed by atoms with Gasteiger partial charge in [0.25, 0.3) is 5.91 Å². The Kier molecular flexibility index (Phi) is 4.82. The Morgan fingerprint density at radius 2 is 2.10 bits per heavy atom. The lowest BCUT2D eigenvalue weighted by molar-refractivity contribution is -0.112. The van der Waals surface area contributed by atoms with Crippen molar-refractivity contribution in [3.05, 3.63) is 56.5 Å². The van der Waals surface area contributed by atoms with Gasteiger partial charge in [0.1, 0.15) is 17.4 Å². The van der Waals surface area contributed by atoms with E-state index in [4.69, 9.17) is 21.3 Å². The molecule has 2 aromatic rings. The normalized spacial score (nSPS) is 10.9. The average molecular weight is 399 g/mol. The van der Waals surface area contributed by atoms with E-state index in [1.165, 1.54) is 6.08 Å². The van der Waals surface area contributed by atoms with Crippen LogP contribution in [0.5, 0.6) is 0 Å². The molecule has 0 aliphatic heterocycles. The predicted octanol–water partition coefficient (Wildman–Crippen LogP) is 4.08. The van der Waals surface area contributed by atoms with Gasteiger partial charge in [0, 0.05) is 6.08 Å². The fraction of sp³-hybridized carbons (Fsp3) is 0. The Morgan fingerprint density at radius 1 is 1.35 bits per heavy atom. The number of halogens is 2. The summed E-state index contributed by atoms with van der Waals surface area (Å²) in [7, 11) is 0. The number of nitriles is 1. The molecule has 4 nitrogen and oxygen atoms in total. The molecule has 0 aliphatic carbocycles. The number of nitrogens with one attached hydrogen (secondary N) is 1. The first kappa shape index (κ1) is 14.6. The summed E-state index contributed by atoms with van der Waals surface area (Å²) in [6.07, 6.45) is 1.38. The first-order valence-corrected chi connectivity index (χ1v) is 6.99. The monoisotopic (exact) mass is 398 g/mol. The third-order valence-electron chi connectivity index (χ3n) is 2.37. The summed E-state index contributed by atoms with van der Waals surface area (Å²) in [4.78, 5) is 12.0. The van der Waals surface area contributed by atoms with E-state index >= 15 is 0 Å². The molecule has 1 aromatic carbocycles. The van der Waals surface area contributed by atoms with Crippen LogP contribution < -0.4 is 5.32 Å². The van der Waals surface area contributed by atoms with Gasteiger partial charge in [-0.1, -0.05) is 23.7 Å². The molecule has 0 bridgehead atoms. The number of furan rings is 1. The van der Waals surface area contributed by atoms with E-state index in [-0.39, 0.29) is 5.57 Å². The van der Waals surface area contributed by atoms with E-state index in [2.05, 4.69) is 5.32 Å². The van der Waals surface area contributed by atoms with E-state index in [0.717, 1.165) is 0 Å². The number of carbonyl (C=O) groups is 1. The fourth-order valence-corrected chi connectivity index (χ4v) is 2.07. The molecule has 0 saturated heterocycles. The first-order chi connectivity index (χ1) is 9.60. The summed E-state index contributed by atoms with van der Waals surface area (Å²) >= 11 is 7.95. The number of nitrogens with zero attached hydrogens (tertiary/aromatic N) is 1. The highest BCUT2D eigenvalue weighted by molar-refractivity contribution is 14.1. The number of hydrogen-bond acceptors (Lipinski definition) is 3. The van der Waals surface area contributed by atoms with E-state index in [1.54, 1.807) is 36.4 Å². The van der Waals surface area contributed by atoms with Crippen LogP contribution in [0.4, 0.5) is 5.69 Å². The van der Waals surface area contributed by atoms with Crippen LogP contribution in [-0.4, -0.2) is 5.91 Å². The van der Waals surface area contributed by atoms with Crippen LogP contribution in [-0.2, 0) is 4.79 Å². The minimum absolute atomic E-state index is 0.0596. The lowest BCUT2D eigenvalue weighted by atomic mass is 10.2. The molecule has 1 heterocycles. The number of hydrogen-bond donors (Lipinski definition) is 1. The number of anilines is 1. The van der Waals surface area contributed by atoms with Crippen molar-refractivity contribution in [2.45, 2.75) is 0 Å². The topological polar surface area (TPSA) is 66.0 Å². The Balaban J connectivity index is 2.21. The lowest BCUT2D eigenvalue weighted by Gasteiger charge is -2.05. The van der Waals surface area contributed by atoms with Crippen molar-refractivity contribution >= 4 is 51.9 Å². The smallest absolute Gasteiger partial charge is 0.266 e. The summed E-state index contributed by atoms with van der Waals surface area (Å²) in [5.74, 6) is -0.0905. The van der Waals surface area contributed by atoms with Crippen LogP contribution in [0.25, 0.3) is 6.08 Å². The maximum absolute atomic E-state index is 12.0. The highest BCUT2D eigenvalue weighted by Gasteiger charge is 2.12. The second-order valence-corrected chi connectivity index (χ2v) is 5.22. The van der Waals surface area contributed by atoms with Gasteiger partial charge in [0.15, 0.2) is 3.77 Å². The van der Waals surface area contributed by atoms with Crippen LogP contribution >= 0.6 is 34.2 Å². The van der Waals surface area contributed by atoms with Crippen molar-refractivity contribution < 1.29 is 9.21 Å². The van der Waals surface area contributed by atoms with Crippen molar-refractivity contribution in [3.63, 3.8) is 0 Å². The van der Waals surface area contributed by atoms with Crippen LogP contribution in [0.3, 0.4) is 0 Å². The number of para-hydroxylation sites is 1. The van der Waals surface area contributed by atoms with Gasteiger partial charge in [-0.25, -0.2) is 0 Å². The van der Waals surface area contributed by atoms with Gasteiger partial charge in [-0.2, -0.15) is 5.26 Å². The van der Waals surface area contributed by atoms with E-state index < -0.39 is 5.91 Å². The van der Waals surface area contributed by atoms with Gasteiger partial charge >= 0.3 is 0 Å². The van der Waals surface area contributed by atoms with E-state index in [0.29, 0.717) is 20.2 Å². The third-order valence-corrected chi connectivity index (χ3v) is 3.28. The highest BCUT2D eigenvalue weighted by atomic mass is 127. The molecule has 2 rings (SSSR count). The van der Waals surface area contributed by atoms with Crippen molar-refractivity contribution in [2.75, 3.05) is 5.32 Å². The SMILES string of the molecule is N#C/C(=C/c1ccc(I)o1)C(=O)Nc1ccccc1Cl. The van der Waals surface area contributed by atoms with Crippen LogP contribution in [0.15, 0.2) is 46.4 Å². The maximum atomic E-state index is 12.0. The van der Waals surface area contributed by atoms with Crippen molar-refractivity contribution in [1.82, 2.24) is 0 Å². The average Bonchev–Trinajstić information content (AvgIpc) is 2.84. The molecule has 1 aromatic heterocycles. The molecule has 1 N–H and O–H groups in total. The van der Waals surface area contributed by atoms with Crippen LogP contribution in [0.1, 0.15) is 5.76 Å². The number of rotatable bonds is 3. The molecule has 0 aliphatic rings. The van der Waals surface area contributed by atoms with E-state index in [1.807, 2.05) is 28.7 Å². The molecule has 100 valence electrons. The van der Waals surface area contributed by atoms with Crippen molar-refractivity contribution in [2.24, 2.45) is 0 Å². The molecular formula is C14H8ClIN2O2. The largest absolute Gasteiger partial charge is 0.451 e. The molecule has 0 radical (unpaired) electrons. The van der Waals surface area contributed by atoms with Crippen LogP contribution in [0, 0.1) is 15.1 Å². The molecular weight excluding hydrogens is 391 g/mol. The Bertz CT molecular complexity index is 716. The molecule has 0 spiro atoms. The zero-order valence-corrected chi connectivity index (χ0v) is 13.0. The summed E-state index contributed by atoms with van der Waals surface area (Å²) in [6.45, 7) is 0. The van der Waals surface area contributed by atoms with E-state index in [9.17, 15) is 4.79 Å². The molecule has 0 saturated carbocycles. The number of benzene rings is 1. The Hall–Kier alpha value is -1.78. The molecule has 0 unspecified atom stereocenters. The van der Waals surface area contributed by atoms with Gasteiger partial charge in [0.2, 0.25) is 0 Å². The second-order valence-electron chi connectivity index (χ2n) is 3.75. The molecule has 20 heavy (non-hydrogen) atoms. The van der Waals surface area contributed by atoms with Gasteiger partial charge in [0.05, 0.1) is 10.7 Å². The zero-order chi connectivity index (χ0) is 14.5. The van der Waals surface area contributed by atoms with Crippen molar-refractivity contribution in [3.8, 4) is 6.07 Å². The van der Waals surface area contributed by atoms with Gasteiger partial charge in [-0.3, -0.25) is 4.79 Å². The summed E-state index contributed by atoms with van der Waals surface area (Å²) in [5, 5.41) is 12.0. The summed E-state index contributed by atoms with van der Waals surface area (Å²) in [5.41, 5.74) is 0.394. The maximum Gasteiger partial charge on any atom is 0.266 e. The molecule has 6 heteroatoms. The standard InChI is InChI=1S/C14H8ClIN2O2/c15-11-3-1-2-4-12(11)18-14(19)9(8-17)7-10-5-6-13(16)20-10/h1-7H,(H,18,19)/b9-7-. The number of amides is 1. The van der Waals surface area contributed by atoms with Gasteiger partial charge < -0.3 is 9.73 Å². The Labute approximate surface area is 134 Å². The molecule has 1 amide bonds. The Morgan fingerprint density at radius 3 is 2.70 bits per heavy atom. The molecule has 0 atom stereocenters.